The minimum absolute atomic E-state index is 0.657. The number of anilines is 1. The lowest BCUT2D eigenvalue weighted by Gasteiger charge is -2.24. The van der Waals surface area contributed by atoms with Crippen molar-refractivity contribution < 1.29 is 0 Å². The fraction of sp³-hybridized carbons (Fsp3) is 0.412. The van der Waals surface area contributed by atoms with Crippen molar-refractivity contribution in [2.75, 3.05) is 5.32 Å². The minimum atomic E-state index is 0.657. The molecule has 0 aliphatic heterocycles. The largest absolute Gasteiger partial charge is 0.359 e. The van der Waals surface area contributed by atoms with Crippen LogP contribution in [0.2, 0.25) is 0 Å². The summed E-state index contributed by atoms with van der Waals surface area (Å²) in [6.07, 6.45) is 10.9. The summed E-state index contributed by atoms with van der Waals surface area (Å²) in [5, 5.41) is 3.48. The van der Waals surface area contributed by atoms with E-state index < -0.39 is 0 Å². The number of hydrogen-bond acceptors (Lipinski definition) is 1. The third-order valence-corrected chi connectivity index (χ3v) is 3.65. The zero-order valence-electron chi connectivity index (χ0n) is 11.3. The Hall–Kier alpha value is -1.50. The molecule has 1 aliphatic carbocycles. The standard InChI is InChI=1S/C17H23N/c1-3-8-15-9-7-12-17(13-15)18-14(2)16-10-5-4-6-11-16/h3,7-9,12-13,16,18H,2,4-6,10-11H2,1H3/b8-3+. The Bertz CT molecular complexity index is 425. The lowest BCUT2D eigenvalue weighted by Crippen LogP contribution is -2.14. The Morgan fingerprint density at radius 1 is 1.28 bits per heavy atom. The first kappa shape index (κ1) is 12.9. The van der Waals surface area contributed by atoms with Crippen molar-refractivity contribution in [3.05, 3.63) is 48.2 Å². The smallest absolute Gasteiger partial charge is 0.0387 e. The summed E-state index contributed by atoms with van der Waals surface area (Å²) in [4.78, 5) is 0. The second-order valence-corrected chi connectivity index (χ2v) is 5.11. The summed E-state index contributed by atoms with van der Waals surface area (Å²) in [7, 11) is 0. The maximum absolute atomic E-state index is 4.22. The molecule has 96 valence electrons. The van der Waals surface area contributed by atoms with Crippen LogP contribution in [0.1, 0.15) is 44.6 Å². The predicted molar refractivity (Wildman–Crippen MR) is 80.5 cm³/mol. The fourth-order valence-electron chi connectivity index (χ4n) is 2.65. The molecule has 1 saturated carbocycles. The maximum Gasteiger partial charge on any atom is 0.0387 e. The van der Waals surface area contributed by atoms with Crippen molar-refractivity contribution >= 4 is 11.8 Å². The van der Waals surface area contributed by atoms with Gasteiger partial charge >= 0.3 is 0 Å². The van der Waals surface area contributed by atoms with Crippen molar-refractivity contribution in [2.24, 2.45) is 5.92 Å². The minimum Gasteiger partial charge on any atom is -0.359 e. The molecule has 1 heteroatoms. The number of nitrogens with one attached hydrogen (secondary N) is 1. The van der Waals surface area contributed by atoms with Gasteiger partial charge in [-0.15, -0.1) is 0 Å². The molecule has 1 aliphatic rings. The van der Waals surface area contributed by atoms with E-state index in [1.165, 1.54) is 43.4 Å². The molecule has 0 bridgehead atoms. The van der Waals surface area contributed by atoms with Gasteiger partial charge in [0.25, 0.3) is 0 Å². The highest BCUT2D eigenvalue weighted by atomic mass is 14.9. The first-order valence-electron chi connectivity index (χ1n) is 6.98. The molecular weight excluding hydrogens is 218 g/mol. The van der Waals surface area contributed by atoms with E-state index in [1.807, 2.05) is 6.92 Å². The summed E-state index contributed by atoms with van der Waals surface area (Å²) in [6, 6.07) is 8.50. The Kier molecular flexibility index (Phi) is 4.63. The SMILES string of the molecule is C=C(Nc1cccc(/C=C/C)c1)C1CCCCC1. The van der Waals surface area contributed by atoms with Crippen molar-refractivity contribution in [3.8, 4) is 0 Å². The van der Waals surface area contributed by atoms with Gasteiger partial charge < -0.3 is 5.32 Å². The maximum atomic E-state index is 4.22. The molecule has 1 nitrogen and oxygen atoms in total. The molecule has 0 heterocycles. The highest BCUT2D eigenvalue weighted by molar-refractivity contribution is 5.58. The summed E-state index contributed by atoms with van der Waals surface area (Å²) in [5.74, 6) is 0.657. The predicted octanol–water partition coefficient (Wildman–Crippen LogP) is 5.23. The normalized spacial score (nSPS) is 16.9. The Labute approximate surface area is 111 Å². The molecule has 1 aromatic carbocycles. The van der Waals surface area contributed by atoms with Gasteiger partial charge in [-0.1, -0.05) is 50.1 Å². The van der Waals surface area contributed by atoms with Gasteiger partial charge in [0, 0.05) is 11.4 Å². The molecule has 1 fully saturated rings. The van der Waals surface area contributed by atoms with Crippen LogP contribution < -0.4 is 5.32 Å². The van der Waals surface area contributed by atoms with E-state index in [1.54, 1.807) is 0 Å². The van der Waals surface area contributed by atoms with Crippen LogP contribution in [0, 0.1) is 5.92 Å². The molecule has 0 unspecified atom stereocenters. The van der Waals surface area contributed by atoms with Gasteiger partial charge in [0.2, 0.25) is 0 Å². The highest BCUT2D eigenvalue weighted by Crippen LogP contribution is 2.29. The van der Waals surface area contributed by atoms with E-state index in [9.17, 15) is 0 Å². The van der Waals surface area contributed by atoms with Crippen molar-refractivity contribution in [3.63, 3.8) is 0 Å². The van der Waals surface area contributed by atoms with E-state index in [0.29, 0.717) is 5.92 Å². The van der Waals surface area contributed by atoms with Crippen molar-refractivity contribution in [1.82, 2.24) is 0 Å². The van der Waals surface area contributed by atoms with Crippen molar-refractivity contribution in [2.45, 2.75) is 39.0 Å². The monoisotopic (exact) mass is 241 g/mol. The Balaban J connectivity index is 1.99. The third-order valence-electron chi connectivity index (χ3n) is 3.65. The molecule has 2 rings (SSSR count). The second-order valence-electron chi connectivity index (χ2n) is 5.11. The van der Waals surface area contributed by atoms with Crippen molar-refractivity contribution in [1.29, 1.82) is 0 Å². The number of benzene rings is 1. The van der Waals surface area contributed by atoms with E-state index in [2.05, 4.69) is 48.3 Å². The molecule has 0 saturated heterocycles. The molecule has 1 N–H and O–H groups in total. The quantitative estimate of drug-likeness (QED) is 0.761. The molecule has 0 spiro atoms. The van der Waals surface area contributed by atoms with Crippen LogP contribution in [0.5, 0.6) is 0 Å². The van der Waals surface area contributed by atoms with Gasteiger partial charge in [-0.25, -0.2) is 0 Å². The molecule has 1 aromatic rings. The van der Waals surface area contributed by atoms with Crippen LogP contribution in [-0.4, -0.2) is 0 Å². The zero-order chi connectivity index (χ0) is 12.8. The number of allylic oxidation sites excluding steroid dienone is 2. The van der Waals surface area contributed by atoms with Crippen LogP contribution in [0.15, 0.2) is 42.6 Å². The number of rotatable bonds is 4. The Morgan fingerprint density at radius 2 is 2.06 bits per heavy atom. The van der Waals surface area contributed by atoms with Gasteiger partial charge in [0.05, 0.1) is 0 Å². The summed E-state index contributed by atoms with van der Waals surface area (Å²) >= 11 is 0. The molecule has 0 atom stereocenters. The molecule has 18 heavy (non-hydrogen) atoms. The van der Waals surface area contributed by atoms with Crippen LogP contribution in [-0.2, 0) is 0 Å². The molecular formula is C17H23N. The van der Waals surface area contributed by atoms with Gasteiger partial charge in [-0.05, 0) is 43.4 Å². The first-order valence-corrected chi connectivity index (χ1v) is 6.98. The molecule has 0 aromatic heterocycles. The molecule has 0 radical (unpaired) electrons. The first-order chi connectivity index (χ1) is 8.79. The summed E-state index contributed by atoms with van der Waals surface area (Å²) < 4.78 is 0. The fourth-order valence-corrected chi connectivity index (χ4v) is 2.65. The summed E-state index contributed by atoms with van der Waals surface area (Å²) in [5.41, 5.74) is 3.58. The second kappa shape index (κ2) is 6.44. The van der Waals surface area contributed by atoms with Crippen LogP contribution >= 0.6 is 0 Å². The van der Waals surface area contributed by atoms with Gasteiger partial charge in [0.15, 0.2) is 0 Å². The van der Waals surface area contributed by atoms with Crippen LogP contribution in [0.4, 0.5) is 5.69 Å². The van der Waals surface area contributed by atoms with Gasteiger partial charge in [-0.2, -0.15) is 0 Å². The van der Waals surface area contributed by atoms with E-state index in [0.717, 1.165) is 5.69 Å². The topological polar surface area (TPSA) is 12.0 Å². The lowest BCUT2D eigenvalue weighted by molar-refractivity contribution is 0.405. The zero-order valence-corrected chi connectivity index (χ0v) is 11.3. The number of hydrogen-bond donors (Lipinski definition) is 1. The third kappa shape index (κ3) is 3.49. The van der Waals surface area contributed by atoms with Gasteiger partial charge in [0.1, 0.15) is 0 Å². The summed E-state index contributed by atoms with van der Waals surface area (Å²) in [6.45, 7) is 6.26. The highest BCUT2D eigenvalue weighted by Gasteiger charge is 2.16. The van der Waals surface area contributed by atoms with Crippen LogP contribution in [0.25, 0.3) is 6.08 Å². The van der Waals surface area contributed by atoms with Crippen LogP contribution in [0.3, 0.4) is 0 Å². The van der Waals surface area contributed by atoms with E-state index >= 15 is 0 Å². The van der Waals surface area contributed by atoms with Gasteiger partial charge in [-0.3, -0.25) is 0 Å². The van der Waals surface area contributed by atoms with E-state index in [4.69, 9.17) is 0 Å². The average Bonchev–Trinajstić information content (AvgIpc) is 2.40. The lowest BCUT2D eigenvalue weighted by atomic mass is 9.87. The Morgan fingerprint density at radius 3 is 2.78 bits per heavy atom. The average molecular weight is 241 g/mol. The molecule has 0 amide bonds. The van der Waals surface area contributed by atoms with E-state index in [-0.39, 0.29) is 0 Å².